The van der Waals surface area contributed by atoms with Gasteiger partial charge in [-0.05, 0) is 6.42 Å². The van der Waals surface area contributed by atoms with E-state index in [1.165, 1.54) is 6.42 Å². The van der Waals surface area contributed by atoms with Crippen molar-refractivity contribution in [2.75, 3.05) is 13.7 Å². The van der Waals surface area contributed by atoms with Gasteiger partial charge in [0.25, 0.3) is 0 Å². The van der Waals surface area contributed by atoms with Crippen molar-refractivity contribution in [3.05, 3.63) is 0 Å². The van der Waals surface area contributed by atoms with Crippen molar-refractivity contribution in [3.8, 4) is 0 Å². The lowest BCUT2D eigenvalue weighted by Crippen LogP contribution is -2.18. The fourth-order valence-corrected chi connectivity index (χ4v) is 0.853. The van der Waals surface area contributed by atoms with Crippen molar-refractivity contribution < 1.29 is 4.84 Å². The van der Waals surface area contributed by atoms with Crippen molar-refractivity contribution in [1.29, 1.82) is 0 Å². The highest BCUT2D eigenvalue weighted by atomic mass is 35.5. The van der Waals surface area contributed by atoms with E-state index in [9.17, 15) is 0 Å². The maximum atomic E-state index is 4.89. The van der Waals surface area contributed by atoms with E-state index in [2.05, 4.69) is 6.92 Å². The minimum atomic E-state index is 0. The Labute approximate surface area is 60.1 Å². The number of rotatable bonds is 3. The molecule has 2 nitrogen and oxygen atoms in total. The molecule has 0 aromatic heterocycles. The Kier molecular flexibility index (Phi) is 10.4. The molecule has 0 aromatic rings. The maximum absolute atomic E-state index is 4.89. The fourth-order valence-electron chi connectivity index (χ4n) is 0.406. The van der Waals surface area contributed by atoms with Crippen molar-refractivity contribution in [2.45, 2.75) is 13.3 Å². The first kappa shape index (κ1) is 11.3. The van der Waals surface area contributed by atoms with Crippen LogP contribution in [0.25, 0.3) is 0 Å². The van der Waals surface area contributed by atoms with Crippen molar-refractivity contribution in [2.24, 2.45) is 0 Å². The Morgan fingerprint density at radius 1 is 1.62 bits per heavy atom. The van der Waals surface area contributed by atoms with Crippen LogP contribution < -0.4 is 0 Å². The summed E-state index contributed by atoms with van der Waals surface area (Å²) in [5, 5.41) is 0. The van der Waals surface area contributed by atoms with E-state index in [0.29, 0.717) is 0 Å². The van der Waals surface area contributed by atoms with Gasteiger partial charge in [0.05, 0.1) is 7.11 Å². The van der Waals surface area contributed by atoms with E-state index in [1.54, 1.807) is 7.11 Å². The summed E-state index contributed by atoms with van der Waals surface area (Å²) < 4.78 is 1.94. The lowest BCUT2D eigenvalue weighted by atomic mass is 10.5. The zero-order valence-electron chi connectivity index (χ0n) is 5.68. The molecule has 0 aliphatic carbocycles. The van der Waals surface area contributed by atoms with E-state index in [4.69, 9.17) is 4.84 Å². The first-order chi connectivity index (χ1) is 3.31. The zero-order chi connectivity index (χ0) is 5.70. The molecule has 0 amide bonds. The largest absolute Gasteiger partial charge is 0.310 e. The second-order valence-electron chi connectivity index (χ2n) is 1.53. The van der Waals surface area contributed by atoms with Gasteiger partial charge >= 0.3 is 0 Å². The summed E-state index contributed by atoms with van der Waals surface area (Å²) in [6.07, 6.45) is 1.18. The number of nitrogens with zero attached hydrogens (tertiary/aromatic N) is 1. The van der Waals surface area contributed by atoms with Gasteiger partial charge in [0.2, 0.25) is 0 Å². The molecule has 0 unspecified atom stereocenters. The van der Waals surface area contributed by atoms with Crippen LogP contribution in [0.5, 0.6) is 0 Å². The van der Waals surface area contributed by atoms with Crippen LogP contribution >= 0.6 is 12.4 Å². The molecule has 0 heterocycles. The van der Waals surface area contributed by atoms with Crippen molar-refractivity contribution in [1.82, 2.24) is 4.73 Å². The molecule has 0 aliphatic rings. The smallest absolute Gasteiger partial charge is 0.113 e. The van der Waals surface area contributed by atoms with Gasteiger partial charge in [-0.15, -0.1) is 12.4 Å². The van der Waals surface area contributed by atoms with Gasteiger partial charge in [0, 0.05) is 6.54 Å². The monoisotopic (exact) mass is 155 g/mol. The van der Waals surface area contributed by atoms with Crippen LogP contribution in [0, 0.1) is 0 Å². The summed E-state index contributed by atoms with van der Waals surface area (Å²) in [5.74, 6) is 0. The molecule has 4 heteroatoms. The molecule has 0 aromatic carbocycles. The molecule has 0 fully saturated rings. The highest BCUT2D eigenvalue weighted by molar-refractivity contribution is 6.03. The second-order valence-corrected chi connectivity index (χ2v) is 2.53. The Hall–Kier alpha value is 0.427. The van der Waals surface area contributed by atoms with E-state index >= 15 is 0 Å². The Morgan fingerprint density at radius 3 is 2.25 bits per heavy atom. The number of hydrogen-bond donors (Lipinski definition) is 0. The number of halogens is 1. The molecular formula is C4H14ClNOSi. The van der Waals surface area contributed by atoms with Gasteiger partial charge in [-0.2, -0.15) is 0 Å². The summed E-state index contributed by atoms with van der Waals surface area (Å²) in [6, 6.07) is 0. The molecule has 0 N–H and O–H groups in total. The molecule has 0 rings (SSSR count). The van der Waals surface area contributed by atoms with Crippen molar-refractivity contribution >= 4 is 22.8 Å². The molecule has 0 spiro atoms. The number of hydrogen-bond acceptors (Lipinski definition) is 2. The molecule has 0 saturated carbocycles. The Morgan fingerprint density at radius 2 is 2.12 bits per heavy atom. The third-order valence-electron chi connectivity index (χ3n) is 0.850. The lowest BCUT2D eigenvalue weighted by Gasteiger charge is -2.10. The molecular weight excluding hydrogens is 142 g/mol. The van der Waals surface area contributed by atoms with E-state index in [0.717, 1.165) is 16.9 Å². The Bertz CT molecular complexity index is 47.0. The SMILES string of the molecule is CCCN([SiH3])OC.Cl. The van der Waals surface area contributed by atoms with Gasteiger partial charge in [-0.3, -0.25) is 0 Å². The topological polar surface area (TPSA) is 12.5 Å². The third kappa shape index (κ3) is 6.43. The highest BCUT2D eigenvalue weighted by Gasteiger charge is 1.86. The van der Waals surface area contributed by atoms with Gasteiger partial charge in [-0.1, -0.05) is 6.92 Å². The van der Waals surface area contributed by atoms with E-state index < -0.39 is 0 Å². The first-order valence-corrected chi connectivity index (χ1v) is 3.46. The standard InChI is InChI=1S/C4H13NOSi.ClH/c1-3-4-5(7)6-2;/h3-4H2,1-2,7H3;1H. The average molecular weight is 156 g/mol. The van der Waals surface area contributed by atoms with Crippen LogP contribution in [0.2, 0.25) is 0 Å². The average Bonchev–Trinajstić information content (AvgIpc) is 1.68. The van der Waals surface area contributed by atoms with E-state index in [-0.39, 0.29) is 12.4 Å². The third-order valence-corrected chi connectivity index (χ3v) is 1.66. The summed E-state index contributed by atoms with van der Waals surface area (Å²) in [6.45, 7) is 3.21. The molecule has 0 bridgehead atoms. The van der Waals surface area contributed by atoms with Crippen LogP contribution in [-0.2, 0) is 4.84 Å². The summed E-state index contributed by atoms with van der Waals surface area (Å²) in [7, 11) is 2.72. The van der Waals surface area contributed by atoms with Crippen molar-refractivity contribution in [3.63, 3.8) is 0 Å². The predicted octanol–water partition coefficient (Wildman–Crippen LogP) is -0.0380. The van der Waals surface area contributed by atoms with Gasteiger partial charge in [-0.25, -0.2) is 4.73 Å². The lowest BCUT2D eigenvalue weighted by molar-refractivity contribution is -0.0479. The van der Waals surface area contributed by atoms with Crippen LogP contribution in [0.1, 0.15) is 13.3 Å². The fraction of sp³-hybridized carbons (Fsp3) is 1.00. The molecule has 52 valence electrons. The maximum Gasteiger partial charge on any atom is 0.113 e. The van der Waals surface area contributed by atoms with Crippen LogP contribution in [-0.4, -0.2) is 28.8 Å². The summed E-state index contributed by atoms with van der Waals surface area (Å²) in [5.41, 5.74) is 0. The van der Waals surface area contributed by atoms with Gasteiger partial charge in [0.1, 0.15) is 10.4 Å². The molecule has 0 atom stereocenters. The molecule has 8 heavy (non-hydrogen) atoms. The Balaban J connectivity index is 0. The quantitative estimate of drug-likeness (QED) is 0.419. The minimum Gasteiger partial charge on any atom is -0.310 e. The van der Waals surface area contributed by atoms with Gasteiger partial charge in [0.15, 0.2) is 0 Å². The van der Waals surface area contributed by atoms with Crippen LogP contribution in [0.15, 0.2) is 0 Å². The molecule has 0 radical (unpaired) electrons. The zero-order valence-corrected chi connectivity index (χ0v) is 8.49. The minimum absolute atomic E-state index is 0. The van der Waals surface area contributed by atoms with Gasteiger partial charge < -0.3 is 4.84 Å². The number of hydroxylamine groups is 1. The normalized spacial score (nSPS) is 9.38. The molecule has 0 aliphatic heterocycles. The summed E-state index contributed by atoms with van der Waals surface area (Å²) >= 11 is 0. The predicted molar refractivity (Wildman–Crippen MR) is 41.2 cm³/mol. The molecule has 0 saturated heterocycles. The summed E-state index contributed by atoms with van der Waals surface area (Å²) in [4.78, 5) is 4.89. The van der Waals surface area contributed by atoms with Crippen LogP contribution in [0.3, 0.4) is 0 Å². The van der Waals surface area contributed by atoms with E-state index in [1.807, 2.05) is 4.73 Å². The highest BCUT2D eigenvalue weighted by Crippen LogP contribution is 1.81. The second kappa shape index (κ2) is 7.43. The first-order valence-electron chi connectivity index (χ1n) is 2.56. The van der Waals surface area contributed by atoms with Crippen LogP contribution in [0.4, 0.5) is 0 Å².